The predicted octanol–water partition coefficient (Wildman–Crippen LogP) is 6.28. The molecule has 43 heavy (non-hydrogen) atoms. The summed E-state index contributed by atoms with van der Waals surface area (Å²) >= 11 is 0. The van der Waals surface area contributed by atoms with Crippen LogP contribution in [0.15, 0.2) is 55.1 Å². The van der Waals surface area contributed by atoms with Crippen molar-refractivity contribution in [2.75, 3.05) is 19.0 Å². The molecule has 5 aromatic rings. The molecule has 3 aliphatic rings. The summed E-state index contributed by atoms with van der Waals surface area (Å²) < 4.78 is 27.1. The van der Waals surface area contributed by atoms with Crippen LogP contribution in [0.25, 0.3) is 33.1 Å². The number of pyridine rings is 2. The van der Waals surface area contributed by atoms with Crippen molar-refractivity contribution in [2.24, 2.45) is 0 Å². The molecule has 4 aromatic heterocycles. The summed E-state index contributed by atoms with van der Waals surface area (Å²) in [5.41, 5.74) is 4.48. The molecule has 11 heteroatoms. The highest BCUT2D eigenvalue weighted by Crippen LogP contribution is 2.38. The van der Waals surface area contributed by atoms with Crippen molar-refractivity contribution < 1.29 is 18.9 Å². The van der Waals surface area contributed by atoms with Crippen LogP contribution >= 0.6 is 0 Å². The number of nitrogens with one attached hydrogen (secondary N) is 1. The molecule has 6 heterocycles. The van der Waals surface area contributed by atoms with Crippen LogP contribution < -0.4 is 19.5 Å². The fraction of sp³-hybridized carbons (Fsp3) is 0.375. The Hall–Kier alpha value is -4.22. The number of benzene rings is 1. The van der Waals surface area contributed by atoms with E-state index in [-0.39, 0.29) is 18.8 Å². The minimum atomic E-state index is -1.22. The topological polar surface area (TPSA) is 105 Å². The average Bonchev–Trinajstić information content (AvgIpc) is 3.34. The molecule has 1 aliphatic carbocycles. The third kappa shape index (κ3) is 5.87. The van der Waals surface area contributed by atoms with Gasteiger partial charge in [0.1, 0.15) is 37.0 Å². The van der Waals surface area contributed by atoms with E-state index in [0.717, 1.165) is 69.0 Å². The number of anilines is 1. The lowest BCUT2D eigenvalue weighted by molar-refractivity contribution is 0.00421. The molecule has 1 N–H and O–H groups in total. The molecular weight excluding hydrogens is 560 g/mol. The maximum Gasteiger partial charge on any atom is 0.228 e. The summed E-state index contributed by atoms with van der Waals surface area (Å²) in [4.78, 5) is 18.7. The first-order chi connectivity index (χ1) is 20.8. The molecule has 0 amide bonds. The lowest BCUT2D eigenvalue weighted by Gasteiger charge is -2.35. The van der Waals surface area contributed by atoms with E-state index in [1.807, 2.05) is 16.7 Å². The van der Waals surface area contributed by atoms with Crippen LogP contribution in [0.5, 0.6) is 17.4 Å². The molecule has 0 unspecified atom stereocenters. The van der Waals surface area contributed by atoms with Gasteiger partial charge in [-0.25, -0.2) is 0 Å². The summed E-state index contributed by atoms with van der Waals surface area (Å²) in [7, 11) is 0.580. The molecule has 0 spiro atoms. The second-order valence-electron chi connectivity index (χ2n) is 12.5. The van der Waals surface area contributed by atoms with E-state index in [9.17, 15) is 0 Å². The average molecular weight is 597 g/mol. The van der Waals surface area contributed by atoms with Crippen molar-refractivity contribution in [3.05, 3.63) is 60.7 Å². The first-order valence-electron chi connectivity index (χ1n) is 14.8. The summed E-state index contributed by atoms with van der Waals surface area (Å²) in [6.07, 6.45) is 9.19. The lowest BCUT2D eigenvalue weighted by atomic mass is 9.92. The number of hydrogen-bond acceptors (Lipinski definition) is 9. The van der Waals surface area contributed by atoms with E-state index in [1.165, 1.54) is 0 Å². The van der Waals surface area contributed by atoms with Crippen LogP contribution in [-0.4, -0.2) is 58.4 Å². The van der Waals surface area contributed by atoms with Gasteiger partial charge in [0.15, 0.2) is 5.65 Å². The molecule has 8 rings (SSSR count). The Labute approximate surface area is 251 Å². The van der Waals surface area contributed by atoms with Gasteiger partial charge in [-0.1, -0.05) is 25.7 Å². The van der Waals surface area contributed by atoms with E-state index in [4.69, 9.17) is 28.9 Å². The van der Waals surface area contributed by atoms with Crippen LogP contribution in [0.2, 0.25) is 25.7 Å². The van der Waals surface area contributed by atoms with Crippen LogP contribution in [0, 0.1) is 0 Å². The second kappa shape index (κ2) is 11.1. The van der Waals surface area contributed by atoms with E-state index < -0.39 is 8.07 Å². The van der Waals surface area contributed by atoms with Crippen molar-refractivity contribution in [1.82, 2.24) is 24.5 Å². The molecule has 0 saturated heterocycles. The van der Waals surface area contributed by atoms with Gasteiger partial charge < -0.3 is 28.8 Å². The number of fused-ring (bicyclic) bond motifs is 1. The van der Waals surface area contributed by atoms with Gasteiger partial charge in [-0.15, -0.1) is 0 Å². The van der Waals surface area contributed by atoms with Crippen LogP contribution in [0.1, 0.15) is 18.4 Å². The van der Waals surface area contributed by atoms with E-state index >= 15 is 0 Å². The molecule has 222 valence electrons. The zero-order valence-electron chi connectivity index (χ0n) is 25.0. The largest absolute Gasteiger partial charge is 0.489 e. The van der Waals surface area contributed by atoms with Gasteiger partial charge in [0.25, 0.3) is 0 Å². The van der Waals surface area contributed by atoms with Gasteiger partial charge in [-0.05, 0) is 35.9 Å². The number of rotatable bonds is 6. The molecule has 0 atom stereocenters. The van der Waals surface area contributed by atoms with E-state index in [1.54, 1.807) is 25.6 Å². The highest BCUT2D eigenvalue weighted by molar-refractivity contribution is 6.76. The van der Waals surface area contributed by atoms with Gasteiger partial charge in [0, 0.05) is 63.5 Å². The fourth-order valence-electron chi connectivity index (χ4n) is 5.43. The molecule has 7 bridgehead atoms. The number of ether oxygens (including phenoxy) is 4. The number of hydrogen-bond donors (Lipinski definition) is 1. The Morgan fingerprint density at radius 1 is 1.00 bits per heavy atom. The summed E-state index contributed by atoms with van der Waals surface area (Å²) in [5.74, 6) is 2.42. The number of aromatic nitrogens is 5. The van der Waals surface area contributed by atoms with Gasteiger partial charge in [-0.3, -0.25) is 9.97 Å². The third-order valence-corrected chi connectivity index (χ3v) is 9.61. The third-order valence-electron chi connectivity index (χ3n) is 7.90. The van der Waals surface area contributed by atoms with Crippen molar-refractivity contribution >= 4 is 36.0 Å². The van der Waals surface area contributed by atoms with Gasteiger partial charge in [-0.2, -0.15) is 9.97 Å². The molecule has 1 saturated carbocycles. The Kier molecular flexibility index (Phi) is 7.14. The lowest BCUT2D eigenvalue weighted by Crippen LogP contribution is -2.41. The monoisotopic (exact) mass is 596 g/mol. The minimum Gasteiger partial charge on any atom is -0.489 e. The van der Waals surface area contributed by atoms with Crippen molar-refractivity contribution in [1.29, 1.82) is 0 Å². The Morgan fingerprint density at radius 2 is 1.81 bits per heavy atom. The molecule has 1 fully saturated rings. The molecular formula is C32H36N6O4Si. The predicted molar refractivity (Wildman–Crippen MR) is 169 cm³/mol. The van der Waals surface area contributed by atoms with Crippen LogP contribution in [0.4, 0.5) is 5.95 Å². The SMILES string of the molecule is CNc1nc2c3c(cn(COCC[Si](C)(C)C)c3n1)-c1ccc3ncc(cc3c1)OC1CC(C1)Oc1cncc(c1)CO2. The van der Waals surface area contributed by atoms with Crippen LogP contribution in [0.3, 0.4) is 0 Å². The summed E-state index contributed by atoms with van der Waals surface area (Å²) in [6, 6.07) is 11.4. The maximum absolute atomic E-state index is 6.44. The fourth-order valence-corrected chi connectivity index (χ4v) is 6.18. The second-order valence-corrected chi connectivity index (χ2v) is 18.1. The first-order valence-corrected chi connectivity index (χ1v) is 18.5. The van der Waals surface area contributed by atoms with E-state index in [2.05, 4.69) is 59.3 Å². The first kappa shape index (κ1) is 27.6. The van der Waals surface area contributed by atoms with Crippen molar-refractivity contribution in [2.45, 2.75) is 64.1 Å². The van der Waals surface area contributed by atoms with Crippen molar-refractivity contribution in [3.8, 4) is 28.5 Å². The van der Waals surface area contributed by atoms with Gasteiger partial charge in [0.2, 0.25) is 11.8 Å². The minimum absolute atomic E-state index is 0.0804. The standard InChI is InChI=1S/C32H36N6O4Si/c1-33-32-36-30-29-27(17-38(30)19-39-7-8-43(2,3)4)21-5-6-28-22(10-21)11-26(16-35-28)42-24-12-23(13-24)41-25-9-20(14-34-15-25)18-40-31(29)37-32/h5-6,9-11,14-17,23-24H,7-8,12-13,18-19H2,1-4H3,(H,33,36,37). The maximum atomic E-state index is 6.44. The van der Waals surface area contributed by atoms with Gasteiger partial charge in [0.05, 0.1) is 23.3 Å². The Morgan fingerprint density at radius 3 is 2.60 bits per heavy atom. The smallest absolute Gasteiger partial charge is 0.228 e. The number of nitrogens with zero attached hydrogens (tertiary/aromatic N) is 5. The Bertz CT molecular complexity index is 1800. The zero-order chi connectivity index (χ0) is 29.6. The van der Waals surface area contributed by atoms with Gasteiger partial charge >= 0.3 is 0 Å². The van der Waals surface area contributed by atoms with Crippen LogP contribution in [-0.2, 0) is 18.1 Å². The quantitative estimate of drug-likeness (QED) is 0.179. The molecule has 2 aliphatic heterocycles. The molecule has 1 aromatic carbocycles. The summed E-state index contributed by atoms with van der Waals surface area (Å²) in [6.45, 7) is 8.41. The zero-order valence-corrected chi connectivity index (χ0v) is 26.0. The van der Waals surface area contributed by atoms with Crippen molar-refractivity contribution in [3.63, 3.8) is 0 Å². The molecule has 10 nitrogen and oxygen atoms in total. The Balaban J connectivity index is 1.35. The molecule has 0 radical (unpaired) electrons. The highest BCUT2D eigenvalue weighted by Gasteiger charge is 2.33. The highest BCUT2D eigenvalue weighted by atomic mass is 28.3. The normalized spacial score (nSPS) is 18.0. The van der Waals surface area contributed by atoms with E-state index in [0.29, 0.717) is 25.2 Å². The summed E-state index contributed by atoms with van der Waals surface area (Å²) in [5, 5.41) is 4.90.